The van der Waals surface area contributed by atoms with Gasteiger partial charge in [0.05, 0.1) is 18.9 Å². The lowest BCUT2D eigenvalue weighted by Gasteiger charge is -2.42. The first kappa shape index (κ1) is 13.1. The summed E-state index contributed by atoms with van der Waals surface area (Å²) < 4.78 is 22.9. The van der Waals surface area contributed by atoms with Crippen LogP contribution in [0.2, 0.25) is 0 Å². The summed E-state index contributed by atoms with van der Waals surface area (Å²) in [5.74, 6) is -0.653. The van der Waals surface area contributed by atoms with Gasteiger partial charge < -0.3 is 10.1 Å². The molecule has 0 atom stereocenters. The summed E-state index contributed by atoms with van der Waals surface area (Å²) in [6.07, 6.45) is 0. The first-order valence-electron chi connectivity index (χ1n) is 6.07. The molecule has 2 aromatic rings. The Morgan fingerprint density at radius 2 is 2.20 bits per heavy atom. The highest BCUT2D eigenvalue weighted by molar-refractivity contribution is 7.08. The summed E-state index contributed by atoms with van der Waals surface area (Å²) in [5, 5.41) is 6.66. The maximum absolute atomic E-state index is 13.9. The van der Waals surface area contributed by atoms with E-state index in [9.17, 15) is 9.18 Å². The van der Waals surface area contributed by atoms with Crippen LogP contribution in [0.25, 0.3) is 0 Å². The van der Waals surface area contributed by atoms with E-state index in [1.54, 1.807) is 25.1 Å². The minimum Gasteiger partial charge on any atom is -0.376 e. The first-order chi connectivity index (χ1) is 9.62. The highest BCUT2D eigenvalue weighted by Crippen LogP contribution is 2.32. The molecular formula is C13H12FN3O2S. The Balaban J connectivity index is 1.90. The molecule has 1 aliphatic rings. The molecule has 1 aromatic heterocycles. The van der Waals surface area contributed by atoms with Gasteiger partial charge in [0.25, 0.3) is 5.91 Å². The second kappa shape index (κ2) is 4.92. The van der Waals surface area contributed by atoms with Crippen LogP contribution in [0.15, 0.2) is 24.3 Å². The average Bonchev–Trinajstić information content (AvgIpc) is 2.81. The molecule has 0 aliphatic carbocycles. The third-order valence-electron chi connectivity index (χ3n) is 3.30. The van der Waals surface area contributed by atoms with Crippen molar-refractivity contribution in [3.8, 4) is 0 Å². The molecule has 1 aliphatic heterocycles. The second-order valence-corrected chi connectivity index (χ2v) is 5.45. The van der Waals surface area contributed by atoms with Crippen LogP contribution in [0.5, 0.6) is 0 Å². The van der Waals surface area contributed by atoms with Gasteiger partial charge in [0.15, 0.2) is 0 Å². The zero-order valence-corrected chi connectivity index (χ0v) is 11.5. The lowest BCUT2D eigenvalue weighted by atomic mass is 9.87. The van der Waals surface area contributed by atoms with Crippen LogP contribution in [-0.2, 0) is 10.3 Å². The minimum atomic E-state index is -0.807. The van der Waals surface area contributed by atoms with Crippen molar-refractivity contribution in [3.05, 3.63) is 46.2 Å². The van der Waals surface area contributed by atoms with Crippen LogP contribution in [0.3, 0.4) is 0 Å². The Hall–Kier alpha value is -1.86. The first-order valence-corrected chi connectivity index (χ1v) is 6.84. The van der Waals surface area contributed by atoms with Crippen LogP contribution in [0.4, 0.5) is 4.39 Å². The molecule has 7 heteroatoms. The van der Waals surface area contributed by atoms with Crippen molar-refractivity contribution < 1.29 is 13.9 Å². The van der Waals surface area contributed by atoms with Crippen LogP contribution >= 0.6 is 11.5 Å². The maximum Gasteiger partial charge on any atom is 0.265 e. The fourth-order valence-corrected chi connectivity index (χ4v) is 2.72. The van der Waals surface area contributed by atoms with Gasteiger partial charge in [0.2, 0.25) is 0 Å². The number of rotatable bonds is 3. The summed E-state index contributed by atoms with van der Waals surface area (Å²) in [4.78, 5) is 12.7. The number of aromatic nitrogens is 2. The van der Waals surface area contributed by atoms with Crippen molar-refractivity contribution >= 4 is 17.4 Å². The second-order valence-electron chi connectivity index (χ2n) is 4.70. The molecule has 20 heavy (non-hydrogen) atoms. The zero-order chi connectivity index (χ0) is 14.2. The van der Waals surface area contributed by atoms with Crippen LogP contribution in [-0.4, -0.2) is 28.7 Å². The molecule has 1 saturated heterocycles. The summed E-state index contributed by atoms with van der Waals surface area (Å²) in [7, 11) is 0. The third-order valence-corrected chi connectivity index (χ3v) is 4.12. The quantitative estimate of drug-likeness (QED) is 0.934. The van der Waals surface area contributed by atoms with Crippen LogP contribution < -0.4 is 5.32 Å². The van der Waals surface area contributed by atoms with Crippen molar-refractivity contribution in [2.24, 2.45) is 0 Å². The molecule has 1 N–H and O–H groups in total. The highest BCUT2D eigenvalue weighted by Gasteiger charge is 2.44. The van der Waals surface area contributed by atoms with Gasteiger partial charge in [-0.2, -0.15) is 0 Å². The highest BCUT2D eigenvalue weighted by atomic mass is 32.1. The lowest BCUT2D eigenvalue weighted by molar-refractivity contribution is -0.0748. The minimum absolute atomic E-state index is 0.255. The van der Waals surface area contributed by atoms with Gasteiger partial charge in [-0.1, -0.05) is 22.7 Å². The Labute approximate surface area is 118 Å². The van der Waals surface area contributed by atoms with Gasteiger partial charge in [-0.3, -0.25) is 4.79 Å². The molecule has 1 aromatic carbocycles. The van der Waals surface area contributed by atoms with E-state index < -0.39 is 5.54 Å². The van der Waals surface area contributed by atoms with E-state index in [0.717, 1.165) is 11.5 Å². The Bertz CT molecular complexity index is 655. The van der Waals surface area contributed by atoms with Crippen molar-refractivity contribution in [2.45, 2.75) is 12.5 Å². The van der Waals surface area contributed by atoms with Gasteiger partial charge in [-0.15, -0.1) is 5.10 Å². The summed E-state index contributed by atoms with van der Waals surface area (Å²) in [6, 6.07) is 6.40. The number of halogens is 1. The number of ether oxygens (including phenoxy) is 1. The number of benzene rings is 1. The molecule has 0 radical (unpaired) electrons. The van der Waals surface area contributed by atoms with Crippen molar-refractivity contribution in [1.29, 1.82) is 0 Å². The third kappa shape index (κ3) is 2.08. The molecule has 5 nitrogen and oxygen atoms in total. The summed E-state index contributed by atoms with van der Waals surface area (Å²) >= 11 is 1.02. The average molecular weight is 293 g/mol. The van der Waals surface area contributed by atoms with Gasteiger partial charge in [0.1, 0.15) is 16.2 Å². The molecule has 0 saturated carbocycles. The molecule has 0 spiro atoms. The molecule has 2 heterocycles. The van der Waals surface area contributed by atoms with E-state index in [-0.39, 0.29) is 24.9 Å². The predicted octanol–water partition coefficient (Wildman–Crippen LogP) is 1.64. The fourth-order valence-electron chi connectivity index (χ4n) is 2.16. The Morgan fingerprint density at radius 1 is 1.45 bits per heavy atom. The number of nitrogens with one attached hydrogen (secondary N) is 1. The van der Waals surface area contributed by atoms with Crippen molar-refractivity contribution in [3.63, 3.8) is 0 Å². The number of hydrogen-bond acceptors (Lipinski definition) is 5. The van der Waals surface area contributed by atoms with E-state index in [1.165, 1.54) is 6.07 Å². The van der Waals surface area contributed by atoms with Gasteiger partial charge in [-0.05, 0) is 24.5 Å². The monoisotopic (exact) mass is 293 g/mol. The van der Waals surface area contributed by atoms with E-state index in [2.05, 4.69) is 14.9 Å². The van der Waals surface area contributed by atoms with Crippen molar-refractivity contribution in [2.75, 3.05) is 13.2 Å². The van der Waals surface area contributed by atoms with E-state index >= 15 is 0 Å². The van der Waals surface area contributed by atoms with E-state index in [1.807, 2.05) is 0 Å². The standard InChI is InChI=1S/C13H12FN3O2S/c1-8-11(20-17-16-8)12(18)15-13(6-19-7-13)9-4-2-3-5-10(9)14/h2-5H,6-7H2,1H3,(H,15,18). The molecule has 0 bridgehead atoms. The SMILES string of the molecule is Cc1nnsc1C(=O)NC1(c2ccccc2F)COC1. The number of nitrogens with zero attached hydrogens (tertiary/aromatic N) is 2. The van der Waals surface area contributed by atoms with E-state index in [0.29, 0.717) is 16.1 Å². The van der Waals surface area contributed by atoms with Gasteiger partial charge in [0, 0.05) is 5.56 Å². The molecule has 104 valence electrons. The largest absolute Gasteiger partial charge is 0.376 e. The van der Waals surface area contributed by atoms with Gasteiger partial charge in [-0.25, -0.2) is 4.39 Å². The van der Waals surface area contributed by atoms with E-state index in [4.69, 9.17) is 4.74 Å². The molecule has 1 amide bonds. The molecular weight excluding hydrogens is 281 g/mol. The number of carbonyl (C=O) groups is 1. The number of aryl methyl sites for hydroxylation is 1. The topological polar surface area (TPSA) is 64.1 Å². The molecule has 0 unspecified atom stereocenters. The van der Waals surface area contributed by atoms with Crippen molar-refractivity contribution in [1.82, 2.24) is 14.9 Å². The van der Waals surface area contributed by atoms with Crippen LogP contribution in [0, 0.1) is 12.7 Å². The maximum atomic E-state index is 13.9. The lowest BCUT2D eigenvalue weighted by Crippen LogP contribution is -2.59. The summed E-state index contributed by atoms with van der Waals surface area (Å²) in [6.45, 7) is 2.22. The van der Waals surface area contributed by atoms with Crippen LogP contribution in [0.1, 0.15) is 20.9 Å². The Kier molecular flexibility index (Phi) is 3.23. The number of amides is 1. The number of carbonyl (C=O) groups excluding carboxylic acids is 1. The summed E-state index contributed by atoms with van der Waals surface area (Å²) in [5.41, 5.74) is 0.199. The smallest absolute Gasteiger partial charge is 0.265 e. The normalized spacial score (nSPS) is 16.5. The number of hydrogen-bond donors (Lipinski definition) is 1. The zero-order valence-electron chi connectivity index (χ0n) is 10.7. The Morgan fingerprint density at radius 3 is 2.75 bits per heavy atom. The molecule has 1 fully saturated rings. The fraction of sp³-hybridized carbons (Fsp3) is 0.308. The predicted molar refractivity (Wildman–Crippen MR) is 71.0 cm³/mol. The van der Waals surface area contributed by atoms with Gasteiger partial charge >= 0.3 is 0 Å². The molecule has 3 rings (SSSR count).